The SMILES string of the molecule is COc1ccn2c(-c3ccnc(CC4CC4)n3)c(-c3cccc(NS(=O)(=O)c4c(Cl)ccc(C)c4Cl)c3F)nc2c1. The molecule has 6 rings (SSSR count). The van der Waals surface area contributed by atoms with Gasteiger partial charge in [-0.3, -0.25) is 9.12 Å². The highest BCUT2D eigenvalue weighted by molar-refractivity contribution is 7.93. The molecule has 1 aliphatic rings. The van der Waals surface area contributed by atoms with Crippen molar-refractivity contribution in [3.05, 3.63) is 88.2 Å². The van der Waals surface area contributed by atoms with Crippen LogP contribution in [0.25, 0.3) is 28.3 Å². The van der Waals surface area contributed by atoms with Gasteiger partial charge in [0.05, 0.1) is 34.2 Å². The van der Waals surface area contributed by atoms with E-state index < -0.39 is 15.8 Å². The highest BCUT2D eigenvalue weighted by Gasteiger charge is 2.27. The Hall–Kier alpha value is -3.73. The molecule has 0 aliphatic heterocycles. The molecule has 2 aromatic carbocycles. The van der Waals surface area contributed by atoms with Crippen LogP contribution in [0.3, 0.4) is 0 Å². The second-order valence-corrected chi connectivity index (χ2v) is 12.3. The third-order valence-electron chi connectivity index (χ3n) is 6.96. The van der Waals surface area contributed by atoms with Crippen molar-refractivity contribution in [2.45, 2.75) is 31.1 Å². The van der Waals surface area contributed by atoms with Crippen LogP contribution in [0.5, 0.6) is 5.75 Å². The lowest BCUT2D eigenvalue weighted by Gasteiger charge is -2.14. The molecule has 0 radical (unpaired) electrons. The molecule has 0 spiro atoms. The molecule has 0 bridgehead atoms. The van der Waals surface area contributed by atoms with Gasteiger partial charge < -0.3 is 4.74 Å². The number of aromatic nitrogens is 4. The molecule has 0 atom stereocenters. The molecule has 5 aromatic rings. The number of ether oxygens (including phenoxy) is 1. The molecule has 3 aromatic heterocycles. The van der Waals surface area contributed by atoms with Crippen molar-refractivity contribution in [1.29, 1.82) is 0 Å². The van der Waals surface area contributed by atoms with Gasteiger partial charge in [-0.25, -0.2) is 27.8 Å². The molecule has 1 saturated carbocycles. The number of imidazole rings is 1. The van der Waals surface area contributed by atoms with Crippen molar-refractivity contribution >= 4 is 44.6 Å². The molecule has 210 valence electrons. The zero-order valence-electron chi connectivity index (χ0n) is 22.0. The van der Waals surface area contributed by atoms with Crippen molar-refractivity contribution in [2.75, 3.05) is 11.8 Å². The van der Waals surface area contributed by atoms with E-state index in [4.69, 9.17) is 37.9 Å². The predicted octanol–water partition coefficient (Wildman–Crippen LogP) is 6.97. The lowest BCUT2D eigenvalue weighted by Crippen LogP contribution is -2.15. The molecule has 1 fully saturated rings. The largest absolute Gasteiger partial charge is 0.497 e. The normalized spacial score (nSPS) is 13.5. The summed E-state index contributed by atoms with van der Waals surface area (Å²) in [5, 5.41) is -0.115. The summed E-state index contributed by atoms with van der Waals surface area (Å²) >= 11 is 12.5. The number of nitrogens with one attached hydrogen (secondary N) is 1. The van der Waals surface area contributed by atoms with E-state index in [9.17, 15) is 8.42 Å². The van der Waals surface area contributed by atoms with Gasteiger partial charge in [0, 0.05) is 30.4 Å². The van der Waals surface area contributed by atoms with Gasteiger partial charge in [-0.15, -0.1) is 0 Å². The van der Waals surface area contributed by atoms with Crippen LogP contribution in [0.4, 0.5) is 10.1 Å². The van der Waals surface area contributed by atoms with Crippen LogP contribution in [0, 0.1) is 18.7 Å². The number of aryl methyl sites for hydroxylation is 1. The lowest BCUT2D eigenvalue weighted by atomic mass is 10.1. The molecule has 41 heavy (non-hydrogen) atoms. The van der Waals surface area contributed by atoms with E-state index >= 15 is 4.39 Å². The topological polar surface area (TPSA) is 98.5 Å². The number of halogens is 3. The van der Waals surface area contributed by atoms with Gasteiger partial charge in [-0.1, -0.05) is 35.3 Å². The quantitative estimate of drug-likeness (QED) is 0.203. The Kier molecular flexibility index (Phi) is 7.09. The van der Waals surface area contributed by atoms with Crippen molar-refractivity contribution in [1.82, 2.24) is 19.4 Å². The van der Waals surface area contributed by atoms with Gasteiger partial charge in [0.1, 0.15) is 27.8 Å². The molecule has 0 unspecified atom stereocenters. The Morgan fingerprint density at radius 2 is 1.93 bits per heavy atom. The van der Waals surface area contributed by atoms with Crippen LogP contribution >= 0.6 is 23.2 Å². The molecule has 3 heterocycles. The van der Waals surface area contributed by atoms with E-state index in [1.807, 2.05) is 0 Å². The third kappa shape index (κ3) is 5.23. The van der Waals surface area contributed by atoms with E-state index in [1.165, 1.54) is 18.2 Å². The Labute approximate surface area is 246 Å². The molecule has 0 saturated heterocycles. The summed E-state index contributed by atoms with van der Waals surface area (Å²) in [4.78, 5) is 13.6. The third-order valence-corrected chi connectivity index (χ3v) is 9.43. The second-order valence-electron chi connectivity index (χ2n) is 9.89. The summed E-state index contributed by atoms with van der Waals surface area (Å²) in [5.41, 5.74) is 2.18. The highest BCUT2D eigenvalue weighted by Crippen LogP contribution is 2.38. The maximum Gasteiger partial charge on any atom is 0.264 e. The first kappa shape index (κ1) is 27.4. The molecule has 1 aliphatic carbocycles. The Morgan fingerprint density at radius 1 is 1.12 bits per heavy atom. The minimum Gasteiger partial charge on any atom is -0.497 e. The maximum atomic E-state index is 16.2. The van der Waals surface area contributed by atoms with E-state index in [0.29, 0.717) is 40.1 Å². The number of hydrogen-bond donors (Lipinski definition) is 1. The van der Waals surface area contributed by atoms with Crippen molar-refractivity contribution in [2.24, 2.45) is 5.92 Å². The first-order valence-electron chi connectivity index (χ1n) is 12.8. The average molecular weight is 613 g/mol. The van der Waals surface area contributed by atoms with Gasteiger partial charge >= 0.3 is 0 Å². The first-order valence-corrected chi connectivity index (χ1v) is 15.0. The highest BCUT2D eigenvalue weighted by atomic mass is 35.5. The van der Waals surface area contributed by atoms with Gasteiger partial charge in [0.25, 0.3) is 10.0 Å². The van der Waals surface area contributed by atoms with Gasteiger partial charge in [-0.05, 0) is 61.6 Å². The number of rotatable bonds is 8. The van der Waals surface area contributed by atoms with Crippen LogP contribution < -0.4 is 9.46 Å². The monoisotopic (exact) mass is 611 g/mol. The number of hydrogen-bond acceptors (Lipinski definition) is 6. The summed E-state index contributed by atoms with van der Waals surface area (Å²) in [5.74, 6) is 1.04. The summed E-state index contributed by atoms with van der Waals surface area (Å²) in [7, 11) is -2.79. The van der Waals surface area contributed by atoms with Crippen molar-refractivity contribution < 1.29 is 17.5 Å². The van der Waals surface area contributed by atoms with E-state index in [0.717, 1.165) is 19.3 Å². The zero-order valence-corrected chi connectivity index (χ0v) is 24.4. The number of fused-ring (bicyclic) bond motifs is 1. The summed E-state index contributed by atoms with van der Waals surface area (Å²) in [6, 6.07) is 12.7. The fraction of sp³-hybridized carbons (Fsp3) is 0.207. The van der Waals surface area contributed by atoms with Gasteiger partial charge in [-0.2, -0.15) is 0 Å². The number of nitrogens with zero attached hydrogens (tertiary/aromatic N) is 4. The summed E-state index contributed by atoms with van der Waals surface area (Å²) in [6.07, 6.45) is 6.53. The number of anilines is 1. The Morgan fingerprint density at radius 3 is 2.68 bits per heavy atom. The molecule has 12 heteroatoms. The molecular formula is C29H24Cl2FN5O3S. The molecule has 8 nitrogen and oxygen atoms in total. The van der Waals surface area contributed by atoms with Gasteiger partial charge in [0.2, 0.25) is 0 Å². The number of sulfonamides is 1. The van der Waals surface area contributed by atoms with Crippen LogP contribution in [-0.2, 0) is 16.4 Å². The van der Waals surface area contributed by atoms with Crippen LogP contribution in [0.2, 0.25) is 10.0 Å². The fourth-order valence-electron chi connectivity index (χ4n) is 4.66. The predicted molar refractivity (Wildman–Crippen MR) is 157 cm³/mol. The van der Waals surface area contributed by atoms with Gasteiger partial charge in [0.15, 0.2) is 5.82 Å². The standard InChI is InChI=1S/C29H24Cl2FN5O3S/c1-16-6-9-20(30)29(25(16)31)41(38,39)36-21-5-3-4-19(26(21)32)27-28(37-13-11-18(40-2)15-24(37)35-27)22-10-12-33-23(34-22)14-17-7-8-17/h3-6,9-13,15,17,36H,7-8,14H2,1-2H3. The summed E-state index contributed by atoms with van der Waals surface area (Å²) in [6.45, 7) is 1.65. The minimum absolute atomic E-state index is 0.0380. The second kappa shape index (κ2) is 10.6. The lowest BCUT2D eigenvalue weighted by molar-refractivity contribution is 0.414. The summed E-state index contributed by atoms with van der Waals surface area (Å²) < 4.78 is 52.4. The number of methoxy groups -OCH3 is 1. The molecular weight excluding hydrogens is 588 g/mol. The maximum absolute atomic E-state index is 16.2. The molecule has 0 amide bonds. The van der Waals surface area contributed by atoms with Crippen LogP contribution in [0.1, 0.15) is 24.2 Å². The fourth-order valence-corrected chi connectivity index (χ4v) is 6.91. The van der Waals surface area contributed by atoms with Crippen LogP contribution in [-0.4, -0.2) is 34.9 Å². The first-order chi connectivity index (χ1) is 19.7. The zero-order chi connectivity index (χ0) is 28.9. The minimum atomic E-state index is -4.34. The van der Waals surface area contributed by atoms with Crippen LogP contribution in [0.15, 0.2) is 65.8 Å². The van der Waals surface area contributed by atoms with E-state index in [1.54, 1.807) is 61.2 Å². The Balaban J connectivity index is 1.49. The van der Waals surface area contributed by atoms with E-state index in [2.05, 4.69) is 9.71 Å². The molecule has 1 N–H and O–H groups in total. The van der Waals surface area contributed by atoms with E-state index in [-0.39, 0.29) is 31.9 Å². The number of pyridine rings is 1. The average Bonchev–Trinajstić information content (AvgIpc) is 3.68. The van der Waals surface area contributed by atoms with Crippen molar-refractivity contribution in [3.8, 4) is 28.4 Å². The smallest absolute Gasteiger partial charge is 0.264 e. The van der Waals surface area contributed by atoms with Crippen molar-refractivity contribution in [3.63, 3.8) is 0 Å². The number of benzene rings is 2. The Bertz CT molecular complexity index is 1930.